The molecule has 0 saturated carbocycles. The van der Waals surface area contributed by atoms with Crippen LogP contribution in [0.4, 0.5) is 0 Å². The molecule has 2 rings (SSSR count). The molecule has 2 unspecified atom stereocenters. The van der Waals surface area contributed by atoms with Crippen LogP contribution in [0.25, 0.3) is 0 Å². The summed E-state index contributed by atoms with van der Waals surface area (Å²) in [6, 6.07) is -0.0217. The lowest BCUT2D eigenvalue weighted by Crippen LogP contribution is -2.51. The van der Waals surface area contributed by atoms with Crippen molar-refractivity contribution in [3.63, 3.8) is 0 Å². The van der Waals surface area contributed by atoms with Gasteiger partial charge in [-0.25, -0.2) is 4.98 Å². The van der Waals surface area contributed by atoms with Gasteiger partial charge in [0.15, 0.2) is 0 Å². The number of nitrogens with one attached hydrogen (secondary N) is 2. The maximum absolute atomic E-state index is 11.9. The molecule has 1 aliphatic heterocycles. The van der Waals surface area contributed by atoms with Crippen LogP contribution >= 0.6 is 0 Å². The van der Waals surface area contributed by atoms with Crippen molar-refractivity contribution in [3.05, 3.63) is 18.7 Å². The van der Waals surface area contributed by atoms with Crippen LogP contribution in [0.1, 0.15) is 19.8 Å². The lowest BCUT2D eigenvalue weighted by Gasteiger charge is -2.28. The number of carbonyl (C=O) groups excluding carboxylic acids is 1. The molecule has 2 atom stereocenters. The number of hydrogen-bond acceptors (Lipinski definition) is 3. The first-order chi connectivity index (χ1) is 8.27. The van der Waals surface area contributed by atoms with Crippen LogP contribution in [0.3, 0.4) is 0 Å². The minimum atomic E-state index is -0.0217. The fourth-order valence-corrected chi connectivity index (χ4v) is 2.24. The zero-order valence-corrected chi connectivity index (χ0v) is 10.2. The Kier molecular flexibility index (Phi) is 4.14. The van der Waals surface area contributed by atoms with Crippen molar-refractivity contribution >= 4 is 5.91 Å². The highest BCUT2D eigenvalue weighted by molar-refractivity contribution is 5.82. The van der Waals surface area contributed by atoms with E-state index in [1.807, 2.05) is 10.8 Å². The van der Waals surface area contributed by atoms with E-state index in [0.29, 0.717) is 12.5 Å². The monoisotopic (exact) mass is 236 g/mol. The lowest BCUT2D eigenvalue weighted by molar-refractivity contribution is -0.124. The van der Waals surface area contributed by atoms with Gasteiger partial charge in [-0.05, 0) is 25.3 Å². The van der Waals surface area contributed by atoms with E-state index in [0.717, 1.165) is 19.5 Å². The second-order valence-electron chi connectivity index (χ2n) is 4.64. The highest BCUT2D eigenvalue weighted by atomic mass is 16.2. The number of carbonyl (C=O) groups is 1. The van der Waals surface area contributed by atoms with E-state index < -0.39 is 0 Å². The second kappa shape index (κ2) is 5.82. The SMILES string of the molecule is CC1CCCNC1C(=O)NCCn1ccnc1. The Hall–Kier alpha value is -1.36. The molecular weight excluding hydrogens is 216 g/mol. The first kappa shape index (κ1) is 12.1. The minimum Gasteiger partial charge on any atom is -0.353 e. The van der Waals surface area contributed by atoms with Crippen LogP contribution in [0.2, 0.25) is 0 Å². The van der Waals surface area contributed by atoms with Gasteiger partial charge in [0.25, 0.3) is 0 Å². The summed E-state index contributed by atoms with van der Waals surface area (Å²) in [5.74, 6) is 0.550. The van der Waals surface area contributed by atoms with E-state index >= 15 is 0 Å². The number of piperidine rings is 1. The normalized spacial score (nSPS) is 24.5. The molecule has 17 heavy (non-hydrogen) atoms. The summed E-state index contributed by atoms with van der Waals surface area (Å²) in [4.78, 5) is 15.9. The molecule has 2 N–H and O–H groups in total. The fourth-order valence-electron chi connectivity index (χ4n) is 2.24. The third-order valence-corrected chi connectivity index (χ3v) is 3.28. The average molecular weight is 236 g/mol. The molecule has 5 heteroatoms. The van der Waals surface area contributed by atoms with Crippen molar-refractivity contribution in [1.29, 1.82) is 0 Å². The topological polar surface area (TPSA) is 59.0 Å². The van der Waals surface area contributed by atoms with E-state index in [1.165, 1.54) is 6.42 Å². The first-order valence-corrected chi connectivity index (χ1v) is 6.24. The molecule has 0 aromatic carbocycles. The molecule has 1 aromatic rings. The number of rotatable bonds is 4. The van der Waals surface area contributed by atoms with E-state index in [1.54, 1.807) is 12.5 Å². The molecule has 1 fully saturated rings. The summed E-state index contributed by atoms with van der Waals surface area (Å²) < 4.78 is 1.96. The van der Waals surface area contributed by atoms with Gasteiger partial charge in [-0.3, -0.25) is 4.79 Å². The smallest absolute Gasteiger partial charge is 0.237 e. The number of amides is 1. The van der Waals surface area contributed by atoms with Gasteiger partial charge in [-0.15, -0.1) is 0 Å². The van der Waals surface area contributed by atoms with Gasteiger partial charge in [-0.2, -0.15) is 0 Å². The lowest BCUT2D eigenvalue weighted by atomic mass is 9.92. The molecule has 94 valence electrons. The quantitative estimate of drug-likeness (QED) is 0.795. The number of aromatic nitrogens is 2. The van der Waals surface area contributed by atoms with Crippen molar-refractivity contribution in [2.75, 3.05) is 13.1 Å². The van der Waals surface area contributed by atoms with Gasteiger partial charge >= 0.3 is 0 Å². The van der Waals surface area contributed by atoms with Crippen molar-refractivity contribution in [2.45, 2.75) is 32.4 Å². The Morgan fingerprint density at radius 2 is 2.53 bits per heavy atom. The Morgan fingerprint density at radius 1 is 1.65 bits per heavy atom. The number of nitrogens with zero attached hydrogens (tertiary/aromatic N) is 2. The molecule has 1 aromatic heterocycles. The molecule has 2 heterocycles. The third-order valence-electron chi connectivity index (χ3n) is 3.28. The highest BCUT2D eigenvalue weighted by Crippen LogP contribution is 2.15. The van der Waals surface area contributed by atoms with Crippen LogP contribution in [0.5, 0.6) is 0 Å². The van der Waals surface area contributed by atoms with Crippen molar-refractivity contribution < 1.29 is 4.79 Å². The molecule has 1 saturated heterocycles. The van der Waals surface area contributed by atoms with Crippen molar-refractivity contribution in [1.82, 2.24) is 20.2 Å². The molecule has 1 amide bonds. The Morgan fingerprint density at radius 3 is 3.24 bits per heavy atom. The molecule has 0 radical (unpaired) electrons. The average Bonchev–Trinajstić information content (AvgIpc) is 2.82. The Bertz CT molecular complexity index is 349. The standard InChI is InChI=1S/C12H20N4O/c1-10-3-2-4-14-11(10)12(17)15-6-8-16-7-5-13-9-16/h5,7,9-11,14H,2-4,6,8H2,1H3,(H,15,17). The summed E-state index contributed by atoms with van der Waals surface area (Å²) in [5, 5.41) is 6.25. The molecule has 0 bridgehead atoms. The summed E-state index contributed by atoms with van der Waals surface area (Å²) in [7, 11) is 0. The molecule has 1 aliphatic rings. The van der Waals surface area contributed by atoms with E-state index in [2.05, 4.69) is 22.5 Å². The van der Waals surface area contributed by atoms with Crippen molar-refractivity contribution in [3.8, 4) is 0 Å². The summed E-state index contributed by atoms with van der Waals surface area (Å²) in [6.45, 7) is 4.50. The summed E-state index contributed by atoms with van der Waals surface area (Å²) in [5.41, 5.74) is 0. The van der Waals surface area contributed by atoms with Gasteiger partial charge in [0, 0.05) is 25.5 Å². The predicted molar refractivity (Wildman–Crippen MR) is 65.4 cm³/mol. The third kappa shape index (κ3) is 3.30. The fraction of sp³-hybridized carbons (Fsp3) is 0.667. The Labute approximate surface area is 102 Å². The van der Waals surface area contributed by atoms with Crippen LogP contribution in [0.15, 0.2) is 18.7 Å². The van der Waals surface area contributed by atoms with E-state index in [-0.39, 0.29) is 11.9 Å². The summed E-state index contributed by atoms with van der Waals surface area (Å²) >= 11 is 0. The first-order valence-electron chi connectivity index (χ1n) is 6.24. The van der Waals surface area contributed by atoms with Gasteiger partial charge in [0.05, 0.1) is 12.4 Å². The largest absolute Gasteiger partial charge is 0.353 e. The predicted octanol–water partition coefficient (Wildman–Crippen LogP) is 0.387. The zero-order valence-electron chi connectivity index (χ0n) is 10.2. The van der Waals surface area contributed by atoms with Gasteiger partial charge < -0.3 is 15.2 Å². The molecular formula is C12H20N4O. The number of hydrogen-bond donors (Lipinski definition) is 2. The van der Waals surface area contributed by atoms with Gasteiger partial charge in [0.2, 0.25) is 5.91 Å². The maximum Gasteiger partial charge on any atom is 0.237 e. The highest BCUT2D eigenvalue weighted by Gasteiger charge is 2.26. The Balaban J connectivity index is 1.73. The minimum absolute atomic E-state index is 0.0217. The van der Waals surface area contributed by atoms with E-state index in [9.17, 15) is 4.79 Å². The maximum atomic E-state index is 11.9. The van der Waals surface area contributed by atoms with Gasteiger partial charge in [0.1, 0.15) is 0 Å². The zero-order chi connectivity index (χ0) is 12.1. The van der Waals surface area contributed by atoms with Crippen molar-refractivity contribution in [2.24, 2.45) is 5.92 Å². The molecule has 0 spiro atoms. The summed E-state index contributed by atoms with van der Waals surface area (Å²) in [6.07, 6.45) is 7.69. The van der Waals surface area contributed by atoms with Crippen LogP contribution < -0.4 is 10.6 Å². The van der Waals surface area contributed by atoms with Gasteiger partial charge in [-0.1, -0.05) is 6.92 Å². The van der Waals surface area contributed by atoms with Crippen LogP contribution in [0, 0.1) is 5.92 Å². The number of imidazole rings is 1. The van der Waals surface area contributed by atoms with E-state index in [4.69, 9.17) is 0 Å². The molecule has 5 nitrogen and oxygen atoms in total. The second-order valence-corrected chi connectivity index (χ2v) is 4.64. The molecule has 0 aliphatic carbocycles. The van der Waals surface area contributed by atoms with Crippen LogP contribution in [-0.4, -0.2) is 34.6 Å². The van der Waals surface area contributed by atoms with Crippen LogP contribution in [-0.2, 0) is 11.3 Å².